The van der Waals surface area contributed by atoms with Crippen molar-refractivity contribution in [2.75, 3.05) is 23.6 Å². The second-order valence-electron chi connectivity index (χ2n) is 5.77. The van der Waals surface area contributed by atoms with Gasteiger partial charge in [0.05, 0.1) is 11.9 Å². The van der Waals surface area contributed by atoms with E-state index in [9.17, 15) is 8.42 Å². The number of hydrogen-bond donors (Lipinski definition) is 2. The summed E-state index contributed by atoms with van der Waals surface area (Å²) in [6, 6.07) is 7.03. The highest BCUT2D eigenvalue weighted by Crippen LogP contribution is 2.20. The molecule has 2 N–H and O–H groups in total. The predicted octanol–water partition coefficient (Wildman–Crippen LogP) is 2.22. The van der Waals surface area contributed by atoms with Gasteiger partial charge in [0.15, 0.2) is 0 Å². The van der Waals surface area contributed by atoms with Crippen molar-refractivity contribution in [2.24, 2.45) is 5.92 Å². The minimum atomic E-state index is -3.29. The molecule has 21 heavy (non-hydrogen) atoms. The van der Waals surface area contributed by atoms with E-state index in [2.05, 4.69) is 10.0 Å². The van der Waals surface area contributed by atoms with Crippen LogP contribution in [0.3, 0.4) is 0 Å². The molecule has 1 aliphatic heterocycles. The Bertz CT molecular complexity index is 535. The topological polar surface area (TPSA) is 67.4 Å². The van der Waals surface area contributed by atoms with Crippen molar-refractivity contribution in [1.29, 1.82) is 0 Å². The molecule has 0 saturated carbocycles. The quantitative estimate of drug-likeness (QED) is 0.845. The fourth-order valence-electron chi connectivity index (χ4n) is 2.45. The summed E-state index contributed by atoms with van der Waals surface area (Å²) in [6.45, 7) is 5.72. The summed E-state index contributed by atoms with van der Waals surface area (Å²) in [5.74, 6) is 1.18. The first-order valence-corrected chi connectivity index (χ1v) is 9.08. The average molecular weight is 312 g/mol. The van der Waals surface area contributed by atoms with Crippen molar-refractivity contribution < 1.29 is 13.2 Å². The molecule has 0 unspecified atom stereocenters. The predicted molar refractivity (Wildman–Crippen MR) is 85.2 cm³/mol. The number of nitrogens with one attached hydrogen (secondary N) is 2. The molecule has 118 valence electrons. The average Bonchev–Trinajstić information content (AvgIpc) is 2.40. The largest absolute Gasteiger partial charge is 0.491 e. The van der Waals surface area contributed by atoms with Crippen LogP contribution in [0.1, 0.15) is 26.7 Å². The maximum Gasteiger partial charge on any atom is 0.232 e. The molecule has 1 aromatic rings. The van der Waals surface area contributed by atoms with Gasteiger partial charge in [-0.1, -0.05) is 0 Å². The summed E-state index contributed by atoms with van der Waals surface area (Å²) in [5, 5.41) is 3.24. The first-order valence-electron chi connectivity index (χ1n) is 7.42. The van der Waals surface area contributed by atoms with Crippen LogP contribution in [-0.4, -0.2) is 33.4 Å². The molecule has 0 spiro atoms. The maximum absolute atomic E-state index is 12.2. The van der Waals surface area contributed by atoms with Crippen LogP contribution in [0, 0.1) is 5.92 Å². The van der Waals surface area contributed by atoms with Gasteiger partial charge in [-0.15, -0.1) is 0 Å². The molecule has 1 aromatic carbocycles. The van der Waals surface area contributed by atoms with Crippen molar-refractivity contribution in [1.82, 2.24) is 5.32 Å². The van der Waals surface area contributed by atoms with Crippen molar-refractivity contribution in [2.45, 2.75) is 32.8 Å². The molecule has 0 aromatic heterocycles. The first-order chi connectivity index (χ1) is 9.94. The van der Waals surface area contributed by atoms with E-state index in [1.165, 1.54) is 0 Å². The Morgan fingerprint density at radius 3 is 2.43 bits per heavy atom. The lowest BCUT2D eigenvalue weighted by Gasteiger charge is -2.22. The van der Waals surface area contributed by atoms with E-state index in [1.54, 1.807) is 24.3 Å². The Kier molecular flexibility index (Phi) is 5.47. The summed E-state index contributed by atoms with van der Waals surface area (Å²) in [6.07, 6.45) is 1.94. The molecule has 6 heteroatoms. The number of anilines is 1. The van der Waals surface area contributed by atoms with Crippen LogP contribution in [0.25, 0.3) is 0 Å². The highest BCUT2D eigenvalue weighted by Gasteiger charge is 2.21. The van der Waals surface area contributed by atoms with Gasteiger partial charge in [0.25, 0.3) is 0 Å². The Hall–Kier alpha value is -1.27. The van der Waals surface area contributed by atoms with Crippen molar-refractivity contribution in [3.8, 4) is 5.75 Å². The molecule has 1 aliphatic rings. The minimum absolute atomic E-state index is 0.104. The molecule has 0 bridgehead atoms. The van der Waals surface area contributed by atoms with E-state index in [0.29, 0.717) is 5.69 Å². The summed E-state index contributed by atoms with van der Waals surface area (Å²) >= 11 is 0. The van der Waals surface area contributed by atoms with Gasteiger partial charge < -0.3 is 10.1 Å². The van der Waals surface area contributed by atoms with E-state index in [0.717, 1.165) is 31.7 Å². The number of sulfonamides is 1. The molecule has 0 aliphatic carbocycles. The van der Waals surface area contributed by atoms with Gasteiger partial charge in [-0.2, -0.15) is 0 Å². The van der Waals surface area contributed by atoms with Gasteiger partial charge >= 0.3 is 0 Å². The minimum Gasteiger partial charge on any atom is -0.491 e. The lowest BCUT2D eigenvalue weighted by Crippen LogP contribution is -2.33. The SMILES string of the molecule is CC(C)Oc1ccc(NS(=O)(=O)CC2CCNCC2)cc1. The van der Waals surface area contributed by atoms with Crippen molar-refractivity contribution >= 4 is 15.7 Å². The Morgan fingerprint density at radius 1 is 1.24 bits per heavy atom. The number of piperidine rings is 1. The van der Waals surface area contributed by atoms with E-state index in [4.69, 9.17) is 4.74 Å². The third-order valence-electron chi connectivity index (χ3n) is 3.41. The lowest BCUT2D eigenvalue weighted by molar-refractivity contribution is 0.242. The molecule has 2 rings (SSSR count). The molecule has 1 heterocycles. The Morgan fingerprint density at radius 2 is 1.86 bits per heavy atom. The standard InChI is InChI=1S/C15H24N2O3S/c1-12(2)20-15-5-3-14(4-6-15)17-21(18,19)11-13-7-9-16-10-8-13/h3-6,12-13,16-17H,7-11H2,1-2H3. The van der Waals surface area contributed by atoms with Crippen molar-refractivity contribution in [3.05, 3.63) is 24.3 Å². The molecule has 0 atom stereocenters. The number of hydrogen-bond acceptors (Lipinski definition) is 4. The van der Waals surface area contributed by atoms with Crippen LogP contribution in [0.2, 0.25) is 0 Å². The second kappa shape index (κ2) is 7.13. The fraction of sp³-hybridized carbons (Fsp3) is 0.600. The van der Waals surface area contributed by atoms with Crippen LogP contribution in [0.5, 0.6) is 5.75 Å². The molecule has 0 radical (unpaired) electrons. The highest BCUT2D eigenvalue weighted by atomic mass is 32.2. The molecule has 5 nitrogen and oxygen atoms in total. The van der Waals surface area contributed by atoms with Crippen molar-refractivity contribution in [3.63, 3.8) is 0 Å². The maximum atomic E-state index is 12.2. The van der Waals surface area contributed by atoms with Gasteiger partial charge in [0.2, 0.25) is 10.0 Å². The zero-order valence-corrected chi connectivity index (χ0v) is 13.4. The zero-order valence-electron chi connectivity index (χ0n) is 12.6. The number of ether oxygens (including phenoxy) is 1. The monoisotopic (exact) mass is 312 g/mol. The Balaban J connectivity index is 1.92. The third-order valence-corrected chi connectivity index (χ3v) is 4.87. The number of benzene rings is 1. The van der Waals surface area contributed by atoms with Crippen LogP contribution in [-0.2, 0) is 10.0 Å². The van der Waals surface area contributed by atoms with Gasteiger partial charge in [-0.25, -0.2) is 8.42 Å². The molecular weight excluding hydrogens is 288 g/mol. The van der Waals surface area contributed by atoms with Gasteiger partial charge in [-0.3, -0.25) is 4.72 Å². The zero-order chi connectivity index (χ0) is 15.3. The van der Waals surface area contributed by atoms with Gasteiger partial charge in [0, 0.05) is 5.69 Å². The molecule has 1 fully saturated rings. The van der Waals surface area contributed by atoms with E-state index < -0.39 is 10.0 Å². The molecular formula is C15H24N2O3S. The smallest absolute Gasteiger partial charge is 0.232 e. The normalized spacial score (nSPS) is 16.9. The fourth-order valence-corrected chi connectivity index (χ4v) is 3.99. The van der Waals surface area contributed by atoms with Gasteiger partial charge in [0.1, 0.15) is 5.75 Å². The van der Waals surface area contributed by atoms with Crippen LogP contribution in [0.4, 0.5) is 5.69 Å². The number of rotatable bonds is 6. The summed E-state index contributed by atoms with van der Waals surface area (Å²) < 4.78 is 32.5. The van der Waals surface area contributed by atoms with Crippen LogP contribution in [0.15, 0.2) is 24.3 Å². The summed E-state index contributed by atoms with van der Waals surface area (Å²) in [5.41, 5.74) is 0.583. The lowest BCUT2D eigenvalue weighted by atomic mass is 10.0. The van der Waals surface area contributed by atoms with E-state index in [1.807, 2.05) is 13.8 Å². The third kappa shape index (κ3) is 5.55. The van der Waals surface area contributed by atoms with E-state index >= 15 is 0 Å². The molecule has 1 saturated heterocycles. The highest BCUT2D eigenvalue weighted by molar-refractivity contribution is 7.92. The van der Waals surface area contributed by atoms with E-state index in [-0.39, 0.29) is 17.8 Å². The summed E-state index contributed by atoms with van der Waals surface area (Å²) in [4.78, 5) is 0. The van der Waals surface area contributed by atoms with Crippen LogP contribution >= 0.6 is 0 Å². The molecule has 0 amide bonds. The summed E-state index contributed by atoms with van der Waals surface area (Å²) in [7, 11) is -3.29. The second-order valence-corrected chi connectivity index (χ2v) is 7.53. The van der Waals surface area contributed by atoms with Gasteiger partial charge in [-0.05, 0) is 70.0 Å². The Labute approximate surface area is 127 Å². The first kappa shape index (κ1) is 16.1. The van der Waals surface area contributed by atoms with Crippen LogP contribution < -0.4 is 14.8 Å².